The molecular weight excluding hydrogens is 336 g/mol. The van der Waals surface area contributed by atoms with E-state index in [9.17, 15) is 9.59 Å². The normalized spacial score (nSPS) is 10.4. The van der Waals surface area contributed by atoms with Crippen molar-refractivity contribution >= 4 is 21.7 Å². The van der Waals surface area contributed by atoms with Crippen LogP contribution in [0.4, 0.5) is 0 Å². The van der Waals surface area contributed by atoms with E-state index in [2.05, 4.69) is 21.0 Å². The summed E-state index contributed by atoms with van der Waals surface area (Å²) < 4.78 is 7.23. The molecule has 2 aromatic rings. The molecule has 2 rings (SSSR count). The fraction of sp³-hybridized carbons (Fsp3) is 0.267. The van der Waals surface area contributed by atoms with Crippen LogP contribution in [-0.2, 0) is 6.54 Å². The van der Waals surface area contributed by atoms with E-state index in [-0.39, 0.29) is 11.3 Å². The van der Waals surface area contributed by atoms with Gasteiger partial charge in [0.1, 0.15) is 0 Å². The van der Waals surface area contributed by atoms with Gasteiger partial charge in [-0.05, 0) is 18.6 Å². The van der Waals surface area contributed by atoms with Gasteiger partial charge in [-0.25, -0.2) is 4.68 Å². The molecule has 0 bridgehead atoms. The van der Waals surface area contributed by atoms with Crippen molar-refractivity contribution in [1.29, 1.82) is 0 Å². The van der Waals surface area contributed by atoms with Crippen molar-refractivity contribution in [3.05, 3.63) is 56.8 Å². The smallest absolute Gasteiger partial charge is 0.266 e. The Balaban J connectivity index is 1.93. The zero-order valence-electron chi connectivity index (χ0n) is 11.6. The Morgan fingerprint density at radius 1 is 1.24 bits per heavy atom. The monoisotopic (exact) mass is 350 g/mol. The lowest BCUT2D eigenvalue weighted by Gasteiger charge is -2.06. The molecule has 0 aliphatic carbocycles. The molecule has 0 saturated carbocycles. The minimum atomic E-state index is -0.202. The highest BCUT2D eigenvalue weighted by atomic mass is 79.9. The predicted octanol–water partition coefficient (Wildman–Crippen LogP) is 2.68. The molecule has 0 spiro atoms. The van der Waals surface area contributed by atoms with Crippen molar-refractivity contribution in [1.82, 2.24) is 9.78 Å². The van der Waals surface area contributed by atoms with Crippen LogP contribution in [0, 0.1) is 0 Å². The highest BCUT2D eigenvalue weighted by molar-refractivity contribution is 9.10. The van der Waals surface area contributed by atoms with Crippen molar-refractivity contribution in [2.45, 2.75) is 19.4 Å². The lowest BCUT2D eigenvalue weighted by atomic mass is 10.1. The zero-order chi connectivity index (χ0) is 15.2. The maximum Gasteiger partial charge on any atom is 0.266 e. The second-order valence-electron chi connectivity index (χ2n) is 4.47. The first-order chi connectivity index (χ1) is 10.1. The summed E-state index contributed by atoms with van der Waals surface area (Å²) in [6.07, 6.45) is 0.919. The van der Waals surface area contributed by atoms with Crippen molar-refractivity contribution in [2.75, 3.05) is 7.11 Å². The molecule has 0 aliphatic heterocycles. The molecule has 0 aliphatic rings. The molecule has 110 valence electrons. The summed E-state index contributed by atoms with van der Waals surface area (Å²) in [6.45, 7) is 0.387. The van der Waals surface area contributed by atoms with Gasteiger partial charge in [0, 0.05) is 35.1 Å². The van der Waals surface area contributed by atoms with Gasteiger partial charge in [0.15, 0.2) is 5.78 Å². The van der Waals surface area contributed by atoms with E-state index in [0.717, 1.165) is 4.47 Å². The number of halogens is 1. The van der Waals surface area contributed by atoms with Crippen molar-refractivity contribution in [3.8, 4) is 5.88 Å². The van der Waals surface area contributed by atoms with Gasteiger partial charge in [0.2, 0.25) is 5.88 Å². The van der Waals surface area contributed by atoms with Gasteiger partial charge in [0.05, 0.1) is 7.11 Å². The highest BCUT2D eigenvalue weighted by Gasteiger charge is 2.07. The number of carbonyl (C=O) groups is 1. The van der Waals surface area contributed by atoms with Crippen LogP contribution < -0.4 is 10.3 Å². The van der Waals surface area contributed by atoms with Crippen LogP contribution in [0.1, 0.15) is 23.2 Å². The number of ether oxygens (including phenoxy) is 1. The first-order valence-electron chi connectivity index (χ1n) is 6.51. The maximum absolute atomic E-state index is 12.0. The molecule has 0 atom stereocenters. The van der Waals surface area contributed by atoms with E-state index in [0.29, 0.717) is 30.8 Å². The molecule has 1 aromatic carbocycles. The number of hydrogen-bond acceptors (Lipinski definition) is 4. The summed E-state index contributed by atoms with van der Waals surface area (Å²) >= 11 is 3.33. The number of hydrogen-bond donors (Lipinski definition) is 0. The summed E-state index contributed by atoms with van der Waals surface area (Å²) in [6, 6.07) is 10.2. The van der Waals surface area contributed by atoms with E-state index in [1.807, 2.05) is 12.1 Å². The first kappa shape index (κ1) is 15.4. The Hall–Kier alpha value is -1.95. The van der Waals surface area contributed by atoms with Crippen molar-refractivity contribution in [3.63, 3.8) is 0 Å². The Kier molecular flexibility index (Phi) is 5.27. The molecule has 0 amide bonds. The third kappa shape index (κ3) is 4.26. The van der Waals surface area contributed by atoms with Crippen LogP contribution in [0.3, 0.4) is 0 Å². The molecule has 0 radical (unpaired) electrons. The molecule has 0 N–H and O–H groups in total. The van der Waals surface area contributed by atoms with Crippen LogP contribution in [-0.4, -0.2) is 22.7 Å². The molecule has 21 heavy (non-hydrogen) atoms. The van der Waals surface area contributed by atoms with E-state index in [1.54, 1.807) is 12.1 Å². The minimum Gasteiger partial charge on any atom is -0.480 e. The molecule has 1 heterocycles. The van der Waals surface area contributed by atoms with Gasteiger partial charge < -0.3 is 4.74 Å². The summed E-state index contributed by atoms with van der Waals surface area (Å²) in [7, 11) is 1.49. The van der Waals surface area contributed by atoms with Gasteiger partial charge in [0.25, 0.3) is 5.56 Å². The number of benzene rings is 1. The number of aryl methyl sites for hydroxylation is 1. The van der Waals surface area contributed by atoms with E-state index >= 15 is 0 Å². The van der Waals surface area contributed by atoms with Gasteiger partial charge in [-0.2, -0.15) is 0 Å². The number of ketones is 1. The van der Waals surface area contributed by atoms with E-state index in [4.69, 9.17) is 4.74 Å². The Morgan fingerprint density at radius 3 is 2.62 bits per heavy atom. The summed E-state index contributed by atoms with van der Waals surface area (Å²) in [5, 5.41) is 4.04. The van der Waals surface area contributed by atoms with Gasteiger partial charge in [-0.15, -0.1) is 5.10 Å². The molecule has 0 unspecified atom stereocenters. The minimum absolute atomic E-state index is 0.0541. The maximum atomic E-state index is 12.0. The number of methoxy groups -OCH3 is 1. The molecule has 6 heteroatoms. The van der Waals surface area contributed by atoms with Crippen LogP contribution >= 0.6 is 15.9 Å². The second kappa shape index (κ2) is 7.17. The summed E-state index contributed by atoms with van der Waals surface area (Å²) in [4.78, 5) is 23.6. The average molecular weight is 351 g/mol. The van der Waals surface area contributed by atoms with Gasteiger partial charge >= 0.3 is 0 Å². The highest BCUT2D eigenvalue weighted by Crippen LogP contribution is 2.12. The average Bonchev–Trinajstić information content (AvgIpc) is 2.49. The van der Waals surface area contributed by atoms with Crippen molar-refractivity contribution < 1.29 is 9.53 Å². The zero-order valence-corrected chi connectivity index (χ0v) is 13.2. The number of Topliss-reactive ketones (excluding diaryl/α,β-unsaturated/α-hetero) is 1. The lowest BCUT2D eigenvalue weighted by Crippen LogP contribution is -2.22. The largest absolute Gasteiger partial charge is 0.480 e. The van der Waals surface area contributed by atoms with Gasteiger partial charge in [-0.1, -0.05) is 28.1 Å². The van der Waals surface area contributed by atoms with Crippen LogP contribution in [0.5, 0.6) is 5.88 Å². The molecular formula is C15H15BrN2O3. The van der Waals surface area contributed by atoms with Gasteiger partial charge in [-0.3, -0.25) is 9.59 Å². The Labute approximate surface area is 130 Å². The first-order valence-corrected chi connectivity index (χ1v) is 7.30. The quantitative estimate of drug-likeness (QED) is 0.751. The number of nitrogens with zero attached hydrogens (tertiary/aromatic N) is 2. The molecule has 1 aromatic heterocycles. The molecule has 5 nitrogen and oxygen atoms in total. The molecule has 0 saturated heterocycles. The van der Waals surface area contributed by atoms with E-state index in [1.165, 1.54) is 23.9 Å². The third-order valence-corrected chi connectivity index (χ3v) is 3.52. The second-order valence-corrected chi connectivity index (χ2v) is 5.39. The third-order valence-electron chi connectivity index (χ3n) is 2.99. The van der Waals surface area contributed by atoms with Crippen LogP contribution in [0.25, 0.3) is 0 Å². The van der Waals surface area contributed by atoms with Crippen LogP contribution in [0.15, 0.2) is 45.7 Å². The molecule has 0 fully saturated rings. The Bertz CT molecular complexity index is 680. The standard InChI is InChI=1S/C15H15BrN2O3/c1-21-14-8-9-15(20)18(17-14)10-2-3-13(19)11-4-6-12(16)7-5-11/h4-9H,2-3,10H2,1H3. The number of carbonyl (C=O) groups excluding carboxylic acids is 1. The Morgan fingerprint density at radius 2 is 1.95 bits per heavy atom. The number of aromatic nitrogens is 2. The van der Waals surface area contributed by atoms with Crippen molar-refractivity contribution in [2.24, 2.45) is 0 Å². The predicted molar refractivity (Wildman–Crippen MR) is 82.8 cm³/mol. The fourth-order valence-corrected chi connectivity index (χ4v) is 2.13. The SMILES string of the molecule is COc1ccc(=O)n(CCCC(=O)c2ccc(Br)cc2)n1. The van der Waals surface area contributed by atoms with Crippen LogP contribution in [0.2, 0.25) is 0 Å². The van der Waals surface area contributed by atoms with E-state index < -0.39 is 0 Å². The fourth-order valence-electron chi connectivity index (χ4n) is 1.87. The lowest BCUT2D eigenvalue weighted by molar-refractivity contribution is 0.0978. The summed E-state index contributed by atoms with van der Waals surface area (Å²) in [5.41, 5.74) is 0.469. The summed E-state index contributed by atoms with van der Waals surface area (Å²) in [5.74, 6) is 0.437. The topological polar surface area (TPSA) is 61.2 Å². The number of rotatable bonds is 6.